The molecule has 1 aliphatic rings. The molecule has 1 saturated heterocycles. The molecule has 1 aromatic heterocycles. The van der Waals surface area contributed by atoms with Crippen LogP contribution in [0.4, 0.5) is 0 Å². The fraction of sp³-hybridized carbons (Fsp3) is 0.316. The summed E-state index contributed by atoms with van der Waals surface area (Å²) >= 11 is 0. The Morgan fingerprint density at radius 3 is 2.77 bits per heavy atom. The second-order valence-electron chi connectivity index (χ2n) is 6.35. The Balaban J connectivity index is 1.51. The summed E-state index contributed by atoms with van der Waals surface area (Å²) in [7, 11) is 0. The fourth-order valence-corrected chi connectivity index (χ4v) is 2.69. The van der Waals surface area contributed by atoms with Gasteiger partial charge in [-0.15, -0.1) is 0 Å². The molecule has 0 aliphatic carbocycles. The molecule has 3 rings (SSSR count). The van der Waals surface area contributed by atoms with Crippen LogP contribution in [0.25, 0.3) is 0 Å². The Hall–Kier alpha value is -2.77. The number of hydrogen-bond acceptors (Lipinski definition) is 6. The molecule has 26 heavy (non-hydrogen) atoms. The Labute approximate surface area is 152 Å². The number of benzene rings is 1. The first-order chi connectivity index (χ1) is 12.6. The lowest BCUT2D eigenvalue weighted by atomic mass is 10.0. The zero-order valence-electron chi connectivity index (χ0n) is 14.8. The molecule has 7 heteroatoms. The van der Waals surface area contributed by atoms with Gasteiger partial charge in [0, 0.05) is 12.2 Å². The summed E-state index contributed by atoms with van der Waals surface area (Å²) in [6.07, 6.45) is 3.97. The minimum Gasteiger partial charge on any atom is -0.491 e. The van der Waals surface area contributed by atoms with Crippen molar-refractivity contribution in [2.24, 2.45) is 5.10 Å². The highest BCUT2D eigenvalue weighted by molar-refractivity contribution is 5.84. The predicted octanol–water partition coefficient (Wildman–Crippen LogP) is 1.93. The van der Waals surface area contributed by atoms with Crippen LogP contribution in [0.2, 0.25) is 0 Å². The van der Waals surface area contributed by atoms with Gasteiger partial charge >= 0.3 is 0 Å². The van der Waals surface area contributed by atoms with E-state index in [-0.39, 0.29) is 24.1 Å². The molecule has 0 radical (unpaired) electrons. The maximum Gasteiger partial charge on any atom is 0.258 e. The van der Waals surface area contributed by atoms with Crippen molar-refractivity contribution in [3.05, 3.63) is 59.9 Å². The van der Waals surface area contributed by atoms with Gasteiger partial charge < -0.3 is 4.74 Å². The first-order valence-electron chi connectivity index (χ1n) is 8.63. The summed E-state index contributed by atoms with van der Waals surface area (Å²) < 4.78 is 5.65. The van der Waals surface area contributed by atoms with Gasteiger partial charge in [-0.1, -0.05) is 18.2 Å². The number of hydrazone groups is 1. The van der Waals surface area contributed by atoms with Crippen molar-refractivity contribution < 1.29 is 9.53 Å². The number of nitrogens with one attached hydrogen (secondary N) is 3. The number of rotatable bonds is 6. The topological polar surface area (TPSA) is 87.6 Å². The Morgan fingerprint density at radius 2 is 2.08 bits per heavy atom. The highest BCUT2D eigenvalue weighted by Crippen LogP contribution is 2.24. The lowest BCUT2D eigenvalue weighted by Crippen LogP contribution is -2.41. The molecular weight excluding hydrogens is 330 g/mol. The highest BCUT2D eigenvalue weighted by Gasteiger charge is 2.30. The first kappa shape index (κ1) is 18.0. The molecule has 1 fully saturated rings. The van der Waals surface area contributed by atoms with E-state index in [9.17, 15) is 4.79 Å². The normalized spacial score (nSPS) is 19.8. The predicted molar refractivity (Wildman–Crippen MR) is 99.6 cm³/mol. The van der Waals surface area contributed by atoms with Crippen molar-refractivity contribution in [1.29, 1.82) is 0 Å². The van der Waals surface area contributed by atoms with E-state index in [1.807, 2.05) is 56.3 Å². The van der Waals surface area contributed by atoms with Crippen LogP contribution >= 0.6 is 0 Å². The smallest absolute Gasteiger partial charge is 0.258 e. The van der Waals surface area contributed by atoms with Crippen LogP contribution in [0.1, 0.15) is 37.6 Å². The summed E-state index contributed by atoms with van der Waals surface area (Å²) in [5.74, 6) is 0.653. The molecule has 2 heterocycles. The number of pyridine rings is 1. The number of ether oxygens (including phenoxy) is 1. The number of aromatic nitrogens is 1. The molecular formula is C19H23N5O2. The van der Waals surface area contributed by atoms with E-state index in [4.69, 9.17) is 4.74 Å². The zero-order chi connectivity index (χ0) is 18.4. The monoisotopic (exact) mass is 353 g/mol. The second kappa shape index (κ2) is 8.55. The largest absolute Gasteiger partial charge is 0.491 e. The van der Waals surface area contributed by atoms with Gasteiger partial charge in [-0.25, -0.2) is 16.3 Å². The average Bonchev–Trinajstić information content (AvgIpc) is 3.13. The molecule has 1 aromatic carbocycles. The van der Waals surface area contributed by atoms with Gasteiger partial charge in [-0.3, -0.25) is 9.78 Å². The number of carbonyl (C=O) groups excluding carboxylic acids is 1. The molecule has 1 aliphatic heterocycles. The lowest BCUT2D eigenvalue weighted by Gasteiger charge is -2.13. The standard InChI is InChI=1S/C19H23N5O2/c1-13(2)26-16-8-6-14(7-9-16)17-11-18(23-22-17)19(25)24-21-12-15-5-3-4-10-20-15/h3-10,12-13,17-18,22-23H,11H2,1-2H3,(H,24,25)/b21-12+. The first-order valence-corrected chi connectivity index (χ1v) is 8.63. The molecule has 3 N–H and O–H groups in total. The van der Waals surface area contributed by atoms with Crippen molar-refractivity contribution in [1.82, 2.24) is 21.3 Å². The molecule has 1 amide bonds. The molecule has 2 aromatic rings. The fourth-order valence-electron chi connectivity index (χ4n) is 2.69. The van der Waals surface area contributed by atoms with E-state index >= 15 is 0 Å². The molecule has 2 unspecified atom stereocenters. The molecule has 0 bridgehead atoms. The minimum atomic E-state index is -0.354. The Bertz CT molecular complexity index is 746. The number of nitrogens with zero attached hydrogens (tertiary/aromatic N) is 2. The number of amides is 1. The van der Waals surface area contributed by atoms with Crippen molar-refractivity contribution in [3.63, 3.8) is 0 Å². The van der Waals surface area contributed by atoms with Gasteiger partial charge in [0.25, 0.3) is 5.91 Å². The van der Waals surface area contributed by atoms with Crippen molar-refractivity contribution in [3.8, 4) is 5.75 Å². The van der Waals surface area contributed by atoms with E-state index in [1.54, 1.807) is 6.20 Å². The van der Waals surface area contributed by atoms with Crippen LogP contribution in [0.3, 0.4) is 0 Å². The average molecular weight is 353 g/mol. The van der Waals surface area contributed by atoms with Gasteiger partial charge in [-0.2, -0.15) is 5.10 Å². The van der Waals surface area contributed by atoms with Crippen LogP contribution in [-0.4, -0.2) is 29.3 Å². The summed E-state index contributed by atoms with van der Waals surface area (Å²) in [5.41, 5.74) is 10.5. The van der Waals surface area contributed by atoms with Gasteiger partial charge in [-0.05, 0) is 50.1 Å². The quantitative estimate of drug-likeness (QED) is 0.546. The van der Waals surface area contributed by atoms with Crippen LogP contribution in [-0.2, 0) is 4.79 Å². The van der Waals surface area contributed by atoms with Gasteiger partial charge in [0.2, 0.25) is 0 Å². The molecule has 2 atom stereocenters. The lowest BCUT2D eigenvalue weighted by molar-refractivity contribution is -0.122. The third-order valence-electron chi connectivity index (χ3n) is 3.93. The van der Waals surface area contributed by atoms with E-state index in [0.29, 0.717) is 12.1 Å². The van der Waals surface area contributed by atoms with E-state index in [1.165, 1.54) is 6.21 Å². The van der Waals surface area contributed by atoms with Gasteiger partial charge in [0.15, 0.2) is 0 Å². The summed E-state index contributed by atoms with van der Waals surface area (Å²) in [4.78, 5) is 16.3. The molecule has 7 nitrogen and oxygen atoms in total. The van der Waals surface area contributed by atoms with E-state index in [2.05, 4.69) is 26.4 Å². The van der Waals surface area contributed by atoms with E-state index in [0.717, 1.165) is 11.3 Å². The maximum absolute atomic E-state index is 12.2. The number of carbonyl (C=O) groups is 1. The molecule has 136 valence electrons. The third kappa shape index (κ3) is 4.87. The van der Waals surface area contributed by atoms with Crippen molar-refractivity contribution in [2.45, 2.75) is 38.5 Å². The van der Waals surface area contributed by atoms with Crippen LogP contribution in [0, 0.1) is 0 Å². The van der Waals surface area contributed by atoms with E-state index < -0.39 is 0 Å². The summed E-state index contributed by atoms with van der Waals surface area (Å²) in [5, 5.41) is 3.95. The Kier molecular flexibility index (Phi) is 5.93. The molecule has 0 saturated carbocycles. The number of hydrogen-bond donors (Lipinski definition) is 3. The van der Waals surface area contributed by atoms with Crippen LogP contribution in [0.15, 0.2) is 53.8 Å². The molecule has 0 spiro atoms. The van der Waals surface area contributed by atoms with Crippen molar-refractivity contribution in [2.75, 3.05) is 0 Å². The highest BCUT2D eigenvalue weighted by atomic mass is 16.5. The minimum absolute atomic E-state index is 0.0543. The van der Waals surface area contributed by atoms with Crippen molar-refractivity contribution >= 4 is 12.1 Å². The second-order valence-corrected chi connectivity index (χ2v) is 6.35. The SMILES string of the molecule is CC(C)Oc1ccc(C2CC(C(=O)N/N=C/c3ccccn3)NN2)cc1. The zero-order valence-corrected chi connectivity index (χ0v) is 14.8. The Morgan fingerprint density at radius 1 is 1.27 bits per heavy atom. The number of hydrazine groups is 1. The maximum atomic E-state index is 12.2. The van der Waals surface area contributed by atoms with Gasteiger partial charge in [0.1, 0.15) is 11.8 Å². The third-order valence-corrected chi connectivity index (χ3v) is 3.93. The summed E-state index contributed by atoms with van der Waals surface area (Å²) in [6, 6.07) is 13.1. The summed E-state index contributed by atoms with van der Waals surface area (Å²) in [6.45, 7) is 3.99. The van der Waals surface area contributed by atoms with Crippen LogP contribution in [0.5, 0.6) is 5.75 Å². The van der Waals surface area contributed by atoms with Crippen LogP contribution < -0.4 is 21.0 Å². The van der Waals surface area contributed by atoms with Gasteiger partial charge in [0.05, 0.1) is 18.0 Å².